The summed E-state index contributed by atoms with van der Waals surface area (Å²) in [6.07, 6.45) is 2.78. The molecule has 1 amide bonds. The fraction of sp³-hybridized carbons (Fsp3) is 0.500. The van der Waals surface area contributed by atoms with Crippen molar-refractivity contribution < 1.29 is 4.79 Å². The van der Waals surface area contributed by atoms with Crippen LogP contribution >= 0.6 is 11.3 Å². The quantitative estimate of drug-likeness (QED) is 0.822. The Morgan fingerprint density at radius 2 is 2.12 bits per heavy atom. The van der Waals surface area contributed by atoms with E-state index in [0.29, 0.717) is 12.3 Å². The van der Waals surface area contributed by atoms with Gasteiger partial charge in [0, 0.05) is 12.0 Å². The van der Waals surface area contributed by atoms with Gasteiger partial charge < -0.3 is 10.6 Å². The molecular weight excluding hydrogens is 330 g/mol. The van der Waals surface area contributed by atoms with Crippen LogP contribution in [-0.2, 0) is 4.79 Å². The van der Waals surface area contributed by atoms with Gasteiger partial charge in [-0.15, -0.1) is 11.3 Å². The number of amides is 1. The standard InChI is InChI=1S/C20H27N3OS/c1-13-4-7-17(8-5-13)20-23-15(3)19(25-20)14(2)22-18(24)9-6-16-10-11-21-12-16/h4-5,7-8,14,16,21H,6,9-12H2,1-3H3,(H,22,24). The number of carbonyl (C=O) groups is 1. The van der Waals surface area contributed by atoms with Crippen LogP contribution in [0.3, 0.4) is 0 Å². The Bertz CT molecular complexity index is 717. The van der Waals surface area contributed by atoms with Crippen LogP contribution in [0.4, 0.5) is 0 Å². The first kappa shape index (κ1) is 18.1. The molecule has 2 atom stereocenters. The lowest BCUT2D eigenvalue weighted by Crippen LogP contribution is -2.27. The monoisotopic (exact) mass is 357 g/mol. The molecule has 2 unspecified atom stereocenters. The highest BCUT2D eigenvalue weighted by atomic mass is 32.1. The molecule has 4 nitrogen and oxygen atoms in total. The Kier molecular flexibility index (Phi) is 5.86. The van der Waals surface area contributed by atoms with E-state index in [4.69, 9.17) is 4.98 Å². The fourth-order valence-corrected chi connectivity index (χ4v) is 4.38. The number of nitrogens with one attached hydrogen (secondary N) is 2. The van der Waals surface area contributed by atoms with Crippen molar-refractivity contribution in [2.45, 2.75) is 46.1 Å². The molecule has 1 saturated heterocycles. The Morgan fingerprint density at radius 1 is 1.36 bits per heavy atom. The van der Waals surface area contributed by atoms with Crippen molar-refractivity contribution in [3.05, 3.63) is 40.4 Å². The van der Waals surface area contributed by atoms with Crippen molar-refractivity contribution in [1.29, 1.82) is 0 Å². The number of thiazole rings is 1. The maximum atomic E-state index is 12.3. The summed E-state index contributed by atoms with van der Waals surface area (Å²) in [4.78, 5) is 18.1. The maximum Gasteiger partial charge on any atom is 0.220 e. The molecule has 1 aromatic heterocycles. The van der Waals surface area contributed by atoms with Crippen LogP contribution in [0, 0.1) is 19.8 Å². The Morgan fingerprint density at radius 3 is 2.80 bits per heavy atom. The van der Waals surface area contributed by atoms with E-state index < -0.39 is 0 Å². The van der Waals surface area contributed by atoms with Gasteiger partial charge in [-0.1, -0.05) is 29.8 Å². The average molecular weight is 358 g/mol. The molecule has 3 rings (SSSR count). The molecule has 1 fully saturated rings. The van der Waals surface area contributed by atoms with Gasteiger partial charge in [0.15, 0.2) is 0 Å². The molecule has 2 heterocycles. The van der Waals surface area contributed by atoms with Crippen molar-refractivity contribution in [3.63, 3.8) is 0 Å². The first-order valence-electron chi connectivity index (χ1n) is 9.07. The van der Waals surface area contributed by atoms with Gasteiger partial charge in [0.25, 0.3) is 0 Å². The highest BCUT2D eigenvalue weighted by Gasteiger charge is 2.19. The Balaban J connectivity index is 1.60. The lowest BCUT2D eigenvalue weighted by atomic mass is 10.0. The topological polar surface area (TPSA) is 54.0 Å². The van der Waals surface area contributed by atoms with Crippen molar-refractivity contribution in [2.75, 3.05) is 13.1 Å². The van der Waals surface area contributed by atoms with Gasteiger partial charge in [-0.3, -0.25) is 4.79 Å². The van der Waals surface area contributed by atoms with E-state index in [1.165, 1.54) is 12.0 Å². The van der Waals surface area contributed by atoms with Crippen LogP contribution in [0.2, 0.25) is 0 Å². The van der Waals surface area contributed by atoms with Gasteiger partial charge in [0.2, 0.25) is 5.91 Å². The molecule has 25 heavy (non-hydrogen) atoms. The molecule has 1 aliphatic rings. The number of hydrogen-bond acceptors (Lipinski definition) is 4. The van der Waals surface area contributed by atoms with Crippen molar-refractivity contribution >= 4 is 17.2 Å². The number of carbonyl (C=O) groups excluding carboxylic acids is 1. The minimum absolute atomic E-state index is 0.00546. The fourth-order valence-electron chi connectivity index (χ4n) is 3.30. The van der Waals surface area contributed by atoms with Crippen LogP contribution in [0.5, 0.6) is 0 Å². The number of hydrogen-bond donors (Lipinski definition) is 2. The van der Waals surface area contributed by atoms with E-state index in [-0.39, 0.29) is 11.9 Å². The molecular formula is C20H27N3OS. The third kappa shape index (κ3) is 4.67. The normalized spacial score (nSPS) is 18.3. The SMILES string of the molecule is Cc1ccc(-c2nc(C)c(C(C)NC(=O)CCC3CCNC3)s2)cc1. The highest BCUT2D eigenvalue weighted by Crippen LogP contribution is 2.32. The summed E-state index contributed by atoms with van der Waals surface area (Å²) in [5.74, 6) is 0.795. The molecule has 134 valence electrons. The highest BCUT2D eigenvalue weighted by molar-refractivity contribution is 7.15. The number of rotatable bonds is 6. The molecule has 5 heteroatoms. The van der Waals surface area contributed by atoms with Gasteiger partial charge in [-0.25, -0.2) is 4.98 Å². The molecule has 0 radical (unpaired) electrons. The molecule has 0 aliphatic carbocycles. The van der Waals surface area contributed by atoms with E-state index >= 15 is 0 Å². The van der Waals surface area contributed by atoms with E-state index in [0.717, 1.165) is 40.7 Å². The smallest absolute Gasteiger partial charge is 0.220 e. The summed E-state index contributed by atoms with van der Waals surface area (Å²) in [6, 6.07) is 8.43. The van der Waals surface area contributed by atoms with Crippen molar-refractivity contribution in [2.24, 2.45) is 5.92 Å². The van der Waals surface area contributed by atoms with Crippen LogP contribution in [-0.4, -0.2) is 24.0 Å². The van der Waals surface area contributed by atoms with E-state index in [1.54, 1.807) is 11.3 Å². The molecule has 2 N–H and O–H groups in total. The van der Waals surface area contributed by atoms with Crippen LogP contribution in [0.25, 0.3) is 10.6 Å². The third-order valence-electron chi connectivity index (χ3n) is 4.84. The summed E-state index contributed by atoms with van der Waals surface area (Å²) in [6.45, 7) is 8.30. The predicted molar refractivity (Wildman–Crippen MR) is 104 cm³/mol. The molecule has 0 saturated carbocycles. The lowest BCUT2D eigenvalue weighted by molar-refractivity contribution is -0.122. The van der Waals surface area contributed by atoms with Gasteiger partial charge in [0.05, 0.1) is 16.6 Å². The molecule has 0 bridgehead atoms. The summed E-state index contributed by atoms with van der Waals surface area (Å²) in [5.41, 5.74) is 3.39. The van der Waals surface area contributed by atoms with Crippen LogP contribution in [0.15, 0.2) is 24.3 Å². The molecule has 0 spiro atoms. The molecule has 1 aromatic carbocycles. The maximum absolute atomic E-state index is 12.3. The van der Waals surface area contributed by atoms with Crippen molar-refractivity contribution in [3.8, 4) is 10.6 Å². The van der Waals surface area contributed by atoms with E-state index in [9.17, 15) is 4.79 Å². The van der Waals surface area contributed by atoms with Crippen LogP contribution in [0.1, 0.15) is 48.4 Å². The van der Waals surface area contributed by atoms with E-state index in [2.05, 4.69) is 48.7 Å². The second-order valence-electron chi connectivity index (χ2n) is 7.02. The Hall–Kier alpha value is -1.72. The van der Waals surface area contributed by atoms with Gasteiger partial charge in [-0.2, -0.15) is 0 Å². The summed E-state index contributed by atoms with van der Waals surface area (Å²) < 4.78 is 0. The molecule has 2 aromatic rings. The summed E-state index contributed by atoms with van der Waals surface area (Å²) in [7, 11) is 0. The minimum atomic E-state index is 0.00546. The number of nitrogens with zero attached hydrogens (tertiary/aromatic N) is 1. The molecule has 1 aliphatic heterocycles. The largest absolute Gasteiger partial charge is 0.349 e. The zero-order valence-electron chi connectivity index (χ0n) is 15.3. The Labute approximate surface area is 154 Å². The second kappa shape index (κ2) is 8.11. The zero-order valence-corrected chi connectivity index (χ0v) is 16.1. The number of benzene rings is 1. The first-order chi connectivity index (χ1) is 12.0. The predicted octanol–water partition coefficient (Wildman–Crippen LogP) is 3.99. The zero-order chi connectivity index (χ0) is 17.8. The number of aryl methyl sites for hydroxylation is 2. The van der Waals surface area contributed by atoms with E-state index in [1.807, 2.05) is 6.92 Å². The van der Waals surface area contributed by atoms with Gasteiger partial charge in [0.1, 0.15) is 5.01 Å². The van der Waals surface area contributed by atoms with Crippen molar-refractivity contribution in [1.82, 2.24) is 15.6 Å². The first-order valence-corrected chi connectivity index (χ1v) is 9.89. The summed E-state index contributed by atoms with van der Waals surface area (Å²) >= 11 is 1.68. The van der Waals surface area contributed by atoms with Gasteiger partial charge >= 0.3 is 0 Å². The summed E-state index contributed by atoms with van der Waals surface area (Å²) in [5, 5.41) is 7.52. The minimum Gasteiger partial charge on any atom is -0.349 e. The van der Waals surface area contributed by atoms with Crippen LogP contribution < -0.4 is 10.6 Å². The number of aromatic nitrogens is 1. The average Bonchev–Trinajstić information content (AvgIpc) is 3.23. The lowest BCUT2D eigenvalue weighted by Gasteiger charge is -2.14. The second-order valence-corrected chi connectivity index (χ2v) is 8.05. The third-order valence-corrected chi connectivity index (χ3v) is 6.23. The van der Waals surface area contributed by atoms with Gasteiger partial charge in [-0.05, 0) is 52.6 Å².